The molecule has 1 aromatic carbocycles. The Balaban J connectivity index is 1.79. The van der Waals surface area contributed by atoms with Gasteiger partial charge in [-0.2, -0.15) is 5.10 Å². The van der Waals surface area contributed by atoms with E-state index in [1.165, 1.54) is 7.11 Å². The van der Waals surface area contributed by atoms with Crippen molar-refractivity contribution in [3.63, 3.8) is 0 Å². The molecule has 7 heteroatoms. The van der Waals surface area contributed by atoms with Crippen LogP contribution in [-0.2, 0) is 16.1 Å². The quantitative estimate of drug-likeness (QED) is 0.651. The van der Waals surface area contributed by atoms with E-state index in [0.717, 1.165) is 11.1 Å². The Kier molecular flexibility index (Phi) is 5.94. The highest BCUT2D eigenvalue weighted by atomic mass is 16.5. The van der Waals surface area contributed by atoms with Gasteiger partial charge in [-0.1, -0.05) is 36.4 Å². The first-order valence-electron chi connectivity index (χ1n) is 8.53. The Bertz CT molecular complexity index is 894. The van der Waals surface area contributed by atoms with Gasteiger partial charge in [-0.25, -0.2) is 0 Å². The van der Waals surface area contributed by atoms with Crippen molar-refractivity contribution in [1.82, 2.24) is 20.1 Å². The molecule has 1 amide bonds. The number of amides is 1. The number of hydrogen-bond acceptors (Lipinski definition) is 5. The van der Waals surface area contributed by atoms with Gasteiger partial charge in [0.15, 0.2) is 0 Å². The fourth-order valence-corrected chi connectivity index (χ4v) is 2.65. The van der Waals surface area contributed by atoms with Gasteiger partial charge in [-0.3, -0.25) is 19.7 Å². The second kappa shape index (κ2) is 8.75. The van der Waals surface area contributed by atoms with Crippen molar-refractivity contribution in [2.24, 2.45) is 0 Å². The van der Waals surface area contributed by atoms with E-state index in [-0.39, 0.29) is 24.8 Å². The van der Waals surface area contributed by atoms with Gasteiger partial charge in [0.2, 0.25) is 0 Å². The number of hydrogen-bond donors (Lipinski definition) is 1. The third kappa shape index (κ3) is 4.78. The van der Waals surface area contributed by atoms with Crippen LogP contribution in [0.25, 0.3) is 11.3 Å². The molecular formula is C20H20N4O3. The molecule has 0 spiro atoms. The molecule has 3 aromatic rings. The molecule has 7 nitrogen and oxygen atoms in total. The van der Waals surface area contributed by atoms with Gasteiger partial charge in [0.1, 0.15) is 5.69 Å². The Morgan fingerprint density at radius 1 is 1.15 bits per heavy atom. The van der Waals surface area contributed by atoms with E-state index >= 15 is 0 Å². The zero-order chi connectivity index (χ0) is 19.1. The predicted molar refractivity (Wildman–Crippen MR) is 99.6 cm³/mol. The predicted octanol–water partition coefficient (Wildman–Crippen LogP) is 2.68. The molecule has 1 N–H and O–H groups in total. The lowest BCUT2D eigenvalue weighted by Crippen LogP contribution is -2.33. The van der Waals surface area contributed by atoms with Crippen LogP contribution >= 0.6 is 0 Å². The summed E-state index contributed by atoms with van der Waals surface area (Å²) < 4.78 is 4.69. The minimum atomic E-state index is -0.367. The lowest BCUT2D eigenvalue weighted by molar-refractivity contribution is -0.140. The van der Waals surface area contributed by atoms with Crippen molar-refractivity contribution in [3.8, 4) is 11.3 Å². The Morgan fingerprint density at radius 3 is 2.67 bits per heavy atom. The van der Waals surface area contributed by atoms with E-state index in [1.807, 2.05) is 42.5 Å². The van der Waals surface area contributed by atoms with Crippen molar-refractivity contribution in [3.05, 3.63) is 72.2 Å². The summed E-state index contributed by atoms with van der Waals surface area (Å²) in [4.78, 5) is 30.2. The van der Waals surface area contributed by atoms with Crippen LogP contribution < -0.4 is 0 Å². The average Bonchev–Trinajstić information content (AvgIpc) is 3.22. The van der Waals surface area contributed by atoms with Crippen molar-refractivity contribution in [2.45, 2.75) is 13.0 Å². The number of pyridine rings is 1. The fourth-order valence-electron chi connectivity index (χ4n) is 2.65. The molecule has 0 atom stereocenters. The highest BCUT2D eigenvalue weighted by molar-refractivity contribution is 5.93. The van der Waals surface area contributed by atoms with E-state index in [2.05, 4.69) is 19.9 Å². The maximum atomic E-state index is 13.0. The molecule has 2 aromatic heterocycles. The molecule has 0 saturated heterocycles. The summed E-state index contributed by atoms with van der Waals surface area (Å²) in [6.07, 6.45) is 3.48. The summed E-state index contributed by atoms with van der Waals surface area (Å²) in [5, 5.41) is 7.03. The zero-order valence-corrected chi connectivity index (χ0v) is 15.0. The number of nitrogens with zero attached hydrogens (tertiary/aromatic N) is 3. The number of H-pyrrole nitrogens is 1. The van der Waals surface area contributed by atoms with Crippen LogP contribution in [0.3, 0.4) is 0 Å². The van der Waals surface area contributed by atoms with Crippen LogP contribution in [0.5, 0.6) is 0 Å². The third-order valence-corrected chi connectivity index (χ3v) is 4.07. The van der Waals surface area contributed by atoms with Crippen molar-refractivity contribution >= 4 is 11.9 Å². The first kappa shape index (κ1) is 18.3. The van der Waals surface area contributed by atoms with Gasteiger partial charge in [0.25, 0.3) is 5.91 Å². The Labute approximate surface area is 157 Å². The summed E-state index contributed by atoms with van der Waals surface area (Å²) in [6.45, 7) is 0.573. The molecule has 0 fully saturated rings. The van der Waals surface area contributed by atoms with Crippen LogP contribution in [0.15, 0.2) is 60.9 Å². The molecule has 0 aliphatic rings. The molecule has 3 rings (SSSR count). The summed E-state index contributed by atoms with van der Waals surface area (Å²) >= 11 is 0. The molecule has 0 radical (unpaired) electrons. The fraction of sp³-hybridized carbons (Fsp3) is 0.200. The van der Waals surface area contributed by atoms with Gasteiger partial charge in [-0.15, -0.1) is 0 Å². The monoisotopic (exact) mass is 364 g/mol. The molecule has 0 bridgehead atoms. The normalized spacial score (nSPS) is 10.4. The minimum Gasteiger partial charge on any atom is -0.469 e. The molecule has 138 valence electrons. The van der Waals surface area contributed by atoms with E-state index in [1.54, 1.807) is 23.4 Å². The van der Waals surface area contributed by atoms with Crippen LogP contribution in [-0.4, -0.2) is 45.6 Å². The van der Waals surface area contributed by atoms with Gasteiger partial charge in [0, 0.05) is 31.0 Å². The SMILES string of the molecule is COC(=O)CCN(Cc1cccnc1)C(=O)c1cc(-c2ccccc2)n[nH]1. The van der Waals surface area contributed by atoms with Crippen LogP contribution in [0.2, 0.25) is 0 Å². The first-order valence-corrected chi connectivity index (χ1v) is 8.53. The third-order valence-electron chi connectivity index (χ3n) is 4.07. The number of methoxy groups -OCH3 is 1. The lowest BCUT2D eigenvalue weighted by atomic mass is 10.1. The second-order valence-corrected chi connectivity index (χ2v) is 5.95. The standard InChI is InChI=1S/C20H20N4O3/c1-27-19(25)9-11-24(14-15-6-5-10-21-13-15)20(26)18-12-17(22-23-18)16-7-3-2-4-8-16/h2-8,10,12-13H,9,11,14H2,1H3,(H,22,23). The molecular weight excluding hydrogens is 344 g/mol. The van der Waals surface area contributed by atoms with E-state index in [9.17, 15) is 9.59 Å². The number of nitrogens with one attached hydrogen (secondary N) is 1. The van der Waals surface area contributed by atoms with E-state index in [0.29, 0.717) is 17.9 Å². The topological polar surface area (TPSA) is 88.2 Å². The molecule has 2 heterocycles. The summed E-state index contributed by atoms with van der Waals surface area (Å²) in [5.41, 5.74) is 2.84. The highest BCUT2D eigenvalue weighted by Gasteiger charge is 2.20. The second-order valence-electron chi connectivity index (χ2n) is 5.95. The number of carbonyl (C=O) groups is 2. The maximum absolute atomic E-state index is 13.0. The number of carbonyl (C=O) groups excluding carboxylic acids is 2. The molecule has 0 aliphatic carbocycles. The first-order chi connectivity index (χ1) is 13.2. The average molecular weight is 364 g/mol. The largest absolute Gasteiger partial charge is 0.469 e. The molecule has 27 heavy (non-hydrogen) atoms. The number of rotatable bonds is 7. The summed E-state index contributed by atoms with van der Waals surface area (Å²) in [7, 11) is 1.33. The Morgan fingerprint density at radius 2 is 1.96 bits per heavy atom. The zero-order valence-electron chi connectivity index (χ0n) is 15.0. The number of esters is 1. The molecule has 0 saturated carbocycles. The number of aromatic nitrogens is 3. The van der Waals surface area contributed by atoms with Crippen LogP contribution in [0.1, 0.15) is 22.5 Å². The molecule has 0 unspecified atom stereocenters. The van der Waals surface area contributed by atoms with Crippen LogP contribution in [0, 0.1) is 0 Å². The van der Waals surface area contributed by atoms with Gasteiger partial charge >= 0.3 is 5.97 Å². The Hall–Kier alpha value is -3.48. The highest BCUT2D eigenvalue weighted by Crippen LogP contribution is 2.18. The van der Waals surface area contributed by atoms with Crippen LogP contribution in [0.4, 0.5) is 0 Å². The van der Waals surface area contributed by atoms with Crippen molar-refractivity contribution in [2.75, 3.05) is 13.7 Å². The maximum Gasteiger partial charge on any atom is 0.307 e. The van der Waals surface area contributed by atoms with Gasteiger partial charge < -0.3 is 9.64 Å². The van der Waals surface area contributed by atoms with Gasteiger partial charge in [-0.05, 0) is 17.7 Å². The smallest absolute Gasteiger partial charge is 0.307 e. The lowest BCUT2D eigenvalue weighted by Gasteiger charge is -2.21. The van der Waals surface area contributed by atoms with Crippen molar-refractivity contribution in [1.29, 1.82) is 0 Å². The molecule has 0 aliphatic heterocycles. The number of ether oxygens (including phenoxy) is 1. The van der Waals surface area contributed by atoms with Gasteiger partial charge in [0.05, 0.1) is 19.2 Å². The summed E-state index contributed by atoms with van der Waals surface area (Å²) in [5.74, 6) is -0.606. The van der Waals surface area contributed by atoms with E-state index < -0.39 is 0 Å². The van der Waals surface area contributed by atoms with E-state index in [4.69, 9.17) is 0 Å². The minimum absolute atomic E-state index is 0.113. The number of benzene rings is 1. The number of aromatic amines is 1. The summed E-state index contributed by atoms with van der Waals surface area (Å²) in [6, 6.07) is 15.0. The van der Waals surface area contributed by atoms with Crippen molar-refractivity contribution < 1.29 is 14.3 Å².